The van der Waals surface area contributed by atoms with Crippen molar-refractivity contribution in [1.29, 1.82) is 0 Å². The summed E-state index contributed by atoms with van der Waals surface area (Å²) >= 11 is 0. The summed E-state index contributed by atoms with van der Waals surface area (Å²) in [6.45, 7) is 8.62. The van der Waals surface area contributed by atoms with E-state index in [2.05, 4.69) is 9.80 Å². The molecule has 2 fully saturated rings. The number of ether oxygens (including phenoxy) is 1. The Kier molecular flexibility index (Phi) is 3.75. The monoisotopic (exact) mass is 199 g/mol. The maximum absolute atomic E-state index is 5.86. The van der Waals surface area contributed by atoms with Gasteiger partial charge in [0.15, 0.2) is 0 Å². The molecular weight excluding hydrogens is 178 g/mol. The first-order chi connectivity index (χ1) is 6.84. The molecule has 2 aliphatic rings. The van der Waals surface area contributed by atoms with Crippen molar-refractivity contribution in [3.05, 3.63) is 0 Å². The molecule has 0 aromatic rings. The van der Waals surface area contributed by atoms with E-state index in [4.69, 9.17) is 10.5 Å². The fraction of sp³-hybridized carbons (Fsp3) is 1.00. The molecule has 0 aromatic heterocycles. The third kappa shape index (κ3) is 2.92. The lowest BCUT2D eigenvalue weighted by molar-refractivity contribution is 0.0343. The van der Waals surface area contributed by atoms with Gasteiger partial charge in [0, 0.05) is 38.8 Å². The predicted molar refractivity (Wildman–Crippen MR) is 56.3 cm³/mol. The van der Waals surface area contributed by atoms with Crippen LogP contribution < -0.4 is 5.73 Å². The van der Waals surface area contributed by atoms with Gasteiger partial charge in [0.05, 0.1) is 13.2 Å². The first-order valence-electron chi connectivity index (χ1n) is 5.62. The molecule has 14 heavy (non-hydrogen) atoms. The molecule has 0 aromatic carbocycles. The summed E-state index contributed by atoms with van der Waals surface area (Å²) < 4.78 is 5.31. The fourth-order valence-electron chi connectivity index (χ4n) is 2.17. The second-order valence-electron chi connectivity index (χ2n) is 4.30. The quantitative estimate of drug-likeness (QED) is 0.656. The van der Waals surface area contributed by atoms with Crippen LogP contribution in [0.4, 0.5) is 0 Å². The third-order valence-corrected chi connectivity index (χ3v) is 3.14. The van der Waals surface area contributed by atoms with Crippen LogP contribution >= 0.6 is 0 Å². The highest BCUT2D eigenvalue weighted by Crippen LogP contribution is 2.06. The number of nitrogens with zero attached hydrogens (tertiary/aromatic N) is 2. The van der Waals surface area contributed by atoms with E-state index in [0.717, 1.165) is 32.8 Å². The van der Waals surface area contributed by atoms with Crippen LogP contribution in [0, 0.1) is 0 Å². The van der Waals surface area contributed by atoms with Crippen LogP contribution in [0.3, 0.4) is 0 Å². The van der Waals surface area contributed by atoms with Gasteiger partial charge in [0.1, 0.15) is 0 Å². The van der Waals surface area contributed by atoms with Crippen LogP contribution in [0.2, 0.25) is 0 Å². The average Bonchev–Trinajstić information content (AvgIpc) is 2.63. The Morgan fingerprint density at radius 1 is 1.07 bits per heavy atom. The van der Waals surface area contributed by atoms with Crippen LogP contribution in [0.15, 0.2) is 0 Å². The van der Waals surface area contributed by atoms with Gasteiger partial charge in [-0.1, -0.05) is 0 Å². The van der Waals surface area contributed by atoms with E-state index < -0.39 is 0 Å². The third-order valence-electron chi connectivity index (χ3n) is 3.14. The summed E-state index contributed by atoms with van der Waals surface area (Å²) in [4.78, 5) is 4.95. The first-order valence-corrected chi connectivity index (χ1v) is 5.62. The van der Waals surface area contributed by atoms with Crippen LogP contribution in [0.5, 0.6) is 0 Å². The average molecular weight is 199 g/mol. The highest BCUT2D eigenvalue weighted by molar-refractivity contribution is 4.78. The highest BCUT2D eigenvalue weighted by Gasteiger charge is 2.19. The van der Waals surface area contributed by atoms with Crippen molar-refractivity contribution in [1.82, 2.24) is 9.80 Å². The van der Waals surface area contributed by atoms with Gasteiger partial charge in [-0.05, 0) is 13.0 Å². The topological polar surface area (TPSA) is 41.7 Å². The zero-order chi connectivity index (χ0) is 9.80. The molecule has 2 saturated heterocycles. The maximum atomic E-state index is 5.86. The van der Waals surface area contributed by atoms with Gasteiger partial charge in [0.2, 0.25) is 0 Å². The van der Waals surface area contributed by atoms with Crippen molar-refractivity contribution in [2.75, 3.05) is 52.5 Å². The number of morpholine rings is 1. The lowest BCUT2D eigenvalue weighted by Gasteiger charge is -2.28. The minimum absolute atomic E-state index is 0.416. The van der Waals surface area contributed by atoms with Crippen molar-refractivity contribution in [3.8, 4) is 0 Å². The standard InChI is InChI=1S/C10H21N3O/c11-10-1-2-13(9-10)4-3-12-5-7-14-8-6-12/h10H,1-9,11H2. The number of hydrogen-bond donors (Lipinski definition) is 1. The van der Waals surface area contributed by atoms with Crippen LogP contribution in [-0.2, 0) is 4.74 Å². The van der Waals surface area contributed by atoms with Crippen molar-refractivity contribution in [3.63, 3.8) is 0 Å². The van der Waals surface area contributed by atoms with Gasteiger partial charge >= 0.3 is 0 Å². The Labute approximate surface area is 86.0 Å². The molecule has 4 nitrogen and oxygen atoms in total. The van der Waals surface area contributed by atoms with Crippen molar-refractivity contribution < 1.29 is 4.74 Å². The summed E-state index contributed by atoms with van der Waals surface area (Å²) in [6.07, 6.45) is 1.17. The van der Waals surface area contributed by atoms with Crippen molar-refractivity contribution >= 4 is 0 Å². The normalized spacial score (nSPS) is 31.1. The van der Waals surface area contributed by atoms with E-state index in [1.807, 2.05) is 0 Å². The van der Waals surface area contributed by atoms with Gasteiger partial charge in [-0.3, -0.25) is 4.90 Å². The second kappa shape index (κ2) is 5.07. The van der Waals surface area contributed by atoms with Gasteiger partial charge in [-0.2, -0.15) is 0 Å². The lowest BCUT2D eigenvalue weighted by Crippen LogP contribution is -2.41. The molecule has 4 heteroatoms. The molecule has 2 N–H and O–H groups in total. The predicted octanol–water partition coefficient (Wildman–Crippen LogP) is -0.648. The molecule has 0 aliphatic carbocycles. The zero-order valence-corrected chi connectivity index (χ0v) is 8.82. The molecule has 2 rings (SSSR count). The molecule has 0 bridgehead atoms. The van der Waals surface area contributed by atoms with Gasteiger partial charge < -0.3 is 15.4 Å². The van der Waals surface area contributed by atoms with Gasteiger partial charge in [-0.15, -0.1) is 0 Å². The smallest absolute Gasteiger partial charge is 0.0594 e. The molecule has 0 radical (unpaired) electrons. The van der Waals surface area contributed by atoms with Gasteiger partial charge in [0.25, 0.3) is 0 Å². The van der Waals surface area contributed by atoms with Crippen molar-refractivity contribution in [2.24, 2.45) is 5.73 Å². The van der Waals surface area contributed by atoms with E-state index in [1.54, 1.807) is 0 Å². The summed E-state index contributed by atoms with van der Waals surface area (Å²) in [6, 6.07) is 0.416. The summed E-state index contributed by atoms with van der Waals surface area (Å²) in [5, 5.41) is 0. The largest absolute Gasteiger partial charge is 0.379 e. The van der Waals surface area contributed by atoms with Crippen LogP contribution in [-0.4, -0.2) is 68.3 Å². The molecule has 0 amide bonds. The summed E-state index contributed by atoms with van der Waals surface area (Å²) in [7, 11) is 0. The molecule has 2 aliphatic heterocycles. The number of likely N-dealkylation sites (tertiary alicyclic amines) is 1. The SMILES string of the molecule is NC1CCN(CCN2CCOCC2)C1. The summed E-state index contributed by atoms with van der Waals surface area (Å²) in [5.74, 6) is 0. The second-order valence-corrected chi connectivity index (χ2v) is 4.30. The Morgan fingerprint density at radius 2 is 1.79 bits per heavy atom. The van der Waals surface area contributed by atoms with Crippen LogP contribution in [0.1, 0.15) is 6.42 Å². The zero-order valence-electron chi connectivity index (χ0n) is 8.82. The molecule has 1 unspecified atom stereocenters. The Morgan fingerprint density at radius 3 is 2.43 bits per heavy atom. The molecule has 2 heterocycles. The van der Waals surface area contributed by atoms with Crippen LogP contribution in [0.25, 0.3) is 0 Å². The Bertz CT molecular complexity index is 166. The van der Waals surface area contributed by atoms with E-state index in [0.29, 0.717) is 6.04 Å². The van der Waals surface area contributed by atoms with Gasteiger partial charge in [-0.25, -0.2) is 0 Å². The number of hydrogen-bond acceptors (Lipinski definition) is 4. The van der Waals surface area contributed by atoms with E-state index in [-0.39, 0.29) is 0 Å². The lowest BCUT2D eigenvalue weighted by atomic mass is 10.3. The first kappa shape index (κ1) is 10.4. The highest BCUT2D eigenvalue weighted by atomic mass is 16.5. The Balaban J connectivity index is 1.61. The fourth-order valence-corrected chi connectivity index (χ4v) is 2.17. The molecule has 82 valence electrons. The summed E-state index contributed by atoms with van der Waals surface area (Å²) in [5.41, 5.74) is 5.86. The van der Waals surface area contributed by atoms with E-state index >= 15 is 0 Å². The molecule has 1 atom stereocenters. The van der Waals surface area contributed by atoms with E-state index in [9.17, 15) is 0 Å². The molecule has 0 saturated carbocycles. The van der Waals surface area contributed by atoms with Crippen molar-refractivity contribution in [2.45, 2.75) is 12.5 Å². The number of rotatable bonds is 3. The minimum Gasteiger partial charge on any atom is -0.379 e. The van der Waals surface area contributed by atoms with E-state index in [1.165, 1.54) is 26.1 Å². The maximum Gasteiger partial charge on any atom is 0.0594 e. The number of nitrogens with two attached hydrogens (primary N) is 1. The molecule has 0 spiro atoms. The minimum atomic E-state index is 0.416. The Hall–Kier alpha value is -0.160. The molecular formula is C10H21N3O.